The minimum atomic E-state index is -3.89. The summed E-state index contributed by atoms with van der Waals surface area (Å²) >= 11 is 0. The molecule has 0 aliphatic rings. The quantitative estimate of drug-likeness (QED) is 0.571. The van der Waals surface area contributed by atoms with Gasteiger partial charge in [0.25, 0.3) is 5.69 Å². The predicted molar refractivity (Wildman–Crippen MR) is 51.0 cm³/mol. The normalized spacial score (nSPS) is 11.3. The van der Waals surface area contributed by atoms with Crippen LogP contribution in [-0.4, -0.2) is 25.5 Å². The second-order valence-electron chi connectivity index (χ2n) is 2.62. The van der Waals surface area contributed by atoms with Crippen LogP contribution in [0.15, 0.2) is 23.1 Å². The first-order chi connectivity index (χ1) is 6.88. The Kier molecular flexibility index (Phi) is 2.91. The Hall–Kier alpha value is -1.67. The summed E-state index contributed by atoms with van der Waals surface area (Å²) < 4.78 is 24.6. The van der Waals surface area contributed by atoms with E-state index in [1.165, 1.54) is 0 Å². The molecule has 15 heavy (non-hydrogen) atoms. The maximum Gasteiger partial charge on any atom is 0.293 e. The van der Waals surface area contributed by atoms with Gasteiger partial charge in [-0.3, -0.25) is 10.1 Å². The summed E-state index contributed by atoms with van der Waals surface area (Å²) in [5.74, 6) is -0.364. The van der Waals surface area contributed by atoms with Crippen LogP contribution < -0.4 is 4.72 Å². The molecule has 0 aromatic heterocycles. The third-order valence-electron chi connectivity index (χ3n) is 1.70. The Balaban J connectivity index is 3.49. The van der Waals surface area contributed by atoms with Crippen LogP contribution in [0.25, 0.3) is 0 Å². The fourth-order valence-corrected chi connectivity index (χ4v) is 1.86. The molecule has 0 fully saturated rings. The van der Waals surface area contributed by atoms with Gasteiger partial charge in [-0.15, -0.1) is 0 Å². The fraction of sp³-hybridized carbons (Fsp3) is 0.143. The Morgan fingerprint density at radius 1 is 1.47 bits per heavy atom. The number of rotatable bonds is 3. The third kappa shape index (κ3) is 2.22. The zero-order chi connectivity index (χ0) is 11.6. The van der Waals surface area contributed by atoms with Gasteiger partial charge in [0.2, 0.25) is 10.0 Å². The second kappa shape index (κ2) is 3.83. The minimum Gasteiger partial charge on any atom is -0.508 e. The number of hydrogen-bond acceptors (Lipinski definition) is 5. The topological polar surface area (TPSA) is 110 Å². The smallest absolute Gasteiger partial charge is 0.293 e. The molecule has 82 valence electrons. The average molecular weight is 232 g/mol. The van der Waals surface area contributed by atoms with Gasteiger partial charge in [0, 0.05) is 0 Å². The van der Waals surface area contributed by atoms with Gasteiger partial charge in [0.1, 0.15) is 5.75 Å². The van der Waals surface area contributed by atoms with Gasteiger partial charge in [-0.25, -0.2) is 13.1 Å². The number of nitrogens with one attached hydrogen (secondary N) is 1. The first-order valence-electron chi connectivity index (χ1n) is 3.79. The van der Waals surface area contributed by atoms with Crippen molar-refractivity contribution >= 4 is 15.7 Å². The molecule has 7 nitrogen and oxygen atoms in total. The summed E-state index contributed by atoms with van der Waals surface area (Å²) in [6.07, 6.45) is 0. The average Bonchev–Trinajstić information content (AvgIpc) is 2.17. The highest BCUT2D eigenvalue weighted by Gasteiger charge is 2.24. The highest BCUT2D eigenvalue weighted by molar-refractivity contribution is 7.89. The van der Waals surface area contributed by atoms with Gasteiger partial charge in [0.15, 0.2) is 4.90 Å². The molecule has 0 aliphatic heterocycles. The highest BCUT2D eigenvalue weighted by Crippen LogP contribution is 2.27. The van der Waals surface area contributed by atoms with Crippen molar-refractivity contribution in [3.63, 3.8) is 0 Å². The van der Waals surface area contributed by atoms with Crippen LogP contribution in [0.5, 0.6) is 5.75 Å². The molecule has 0 unspecified atom stereocenters. The first-order valence-corrected chi connectivity index (χ1v) is 5.28. The summed E-state index contributed by atoms with van der Waals surface area (Å²) in [5, 5.41) is 19.5. The van der Waals surface area contributed by atoms with Crippen LogP contribution in [0.4, 0.5) is 5.69 Å². The zero-order valence-electron chi connectivity index (χ0n) is 7.67. The van der Waals surface area contributed by atoms with Crippen molar-refractivity contribution < 1.29 is 18.4 Å². The van der Waals surface area contributed by atoms with Crippen molar-refractivity contribution in [1.82, 2.24) is 4.72 Å². The molecule has 1 aromatic carbocycles. The van der Waals surface area contributed by atoms with Gasteiger partial charge in [-0.2, -0.15) is 0 Å². The SMILES string of the molecule is CNS(=O)(=O)c1ccc(O)cc1[N+](=O)[O-]. The van der Waals surface area contributed by atoms with E-state index in [2.05, 4.69) is 0 Å². The number of nitrogens with zero attached hydrogens (tertiary/aromatic N) is 1. The van der Waals surface area contributed by atoms with Crippen molar-refractivity contribution in [3.05, 3.63) is 28.3 Å². The third-order valence-corrected chi connectivity index (χ3v) is 3.16. The number of hydrogen-bond donors (Lipinski definition) is 2. The van der Waals surface area contributed by atoms with Crippen LogP contribution in [0.2, 0.25) is 0 Å². The van der Waals surface area contributed by atoms with E-state index in [4.69, 9.17) is 5.11 Å². The largest absolute Gasteiger partial charge is 0.508 e. The van der Waals surface area contributed by atoms with Crippen molar-refractivity contribution in [2.24, 2.45) is 0 Å². The Morgan fingerprint density at radius 2 is 2.07 bits per heavy atom. The molecule has 2 N–H and O–H groups in total. The van der Waals surface area contributed by atoms with E-state index < -0.39 is 25.5 Å². The molecule has 0 heterocycles. The molecular weight excluding hydrogens is 224 g/mol. The highest BCUT2D eigenvalue weighted by atomic mass is 32.2. The van der Waals surface area contributed by atoms with Crippen molar-refractivity contribution in [2.45, 2.75) is 4.90 Å². The maximum atomic E-state index is 11.3. The van der Waals surface area contributed by atoms with Crippen molar-refractivity contribution in [3.8, 4) is 5.75 Å². The van der Waals surface area contributed by atoms with Gasteiger partial charge < -0.3 is 5.11 Å². The summed E-state index contributed by atoms with van der Waals surface area (Å²) in [5.41, 5.74) is -0.663. The molecule has 8 heteroatoms. The molecule has 1 rings (SSSR count). The summed E-state index contributed by atoms with van der Waals surface area (Å²) in [4.78, 5) is 9.19. The monoisotopic (exact) mass is 232 g/mol. The summed E-state index contributed by atoms with van der Waals surface area (Å²) in [6.45, 7) is 0. The van der Waals surface area contributed by atoms with Gasteiger partial charge in [0.05, 0.1) is 11.0 Å². The molecule has 1 aromatic rings. The lowest BCUT2D eigenvalue weighted by molar-refractivity contribution is -0.387. The molecular formula is C7H8N2O5S. The van der Waals surface area contributed by atoms with E-state index >= 15 is 0 Å². The number of phenols is 1. The van der Waals surface area contributed by atoms with Gasteiger partial charge in [-0.1, -0.05) is 0 Å². The lowest BCUT2D eigenvalue weighted by Gasteiger charge is -2.03. The van der Waals surface area contributed by atoms with Crippen LogP contribution in [0, 0.1) is 10.1 Å². The predicted octanol–water partition coefficient (Wildman–Crippen LogP) is 0.208. The van der Waals surface area contributed by atoms with E-state index in [0.29, 0.717) is 0 Å². The molecule has 0 amide bonds. The van der Waals surface area contributed by atoms with Crippen LogP contribution in [-0.2, 0) is 10.0 Å². The molecule has 0 bridgehead atoms. The van der Waals surface area contributed by atoms with E-state index in [1.54, 1.807) is 0 Å². The van der Waals surface area contributed by atoms with Gasteiger partial charge in [-0.05, 0) is 19.2 Å². The van der Waals surface area contributed by atoms with Crippen LogP contribution >= 0.6 is 0 Å². The summed E-state index contributed by atoms with van der Waals surface area (Å²) in [6, 6.07) is 2.82. The number of sulfonamides is 1. The molecule has 0 saturated carbocycles. The second-order valence-corrected chi connectivity index (χ2v) is 4.47. The lowest BCUT2D eigenvalue weighted by Crippen LogP contribution is -2.19. The number of nitro groups is 1. The molecule has 0 saturated heterocycles. The fourth-order valence-electron chi connectivity index (χ4n) is 0.986. The van der Waals surface area contributed by atoms with E-state index in [-0.39, 0.29) is 5.75 Å². The molecule has 0 spiro atoms. The van der Waals surface area contributed by atoms with Crippen molar-refractivity contribution in [1.29, 1.82) is 0 Å². The summed E-state index contributed by atoms with van der Waals surface area (Å²) in [7, 11) is -2.75. The molecule has 0 radical (unpaired) electrons. The van der Waals surface area contributed by atoms with Gasteiger partial charge >= 0.3 is 0 Å². The number of nitro benzene ring substituents is 1. The standard InChI is InChI=1S/C7H8N2O5S/c1-8-15(13,14)7-3-2-5(10)4-6(7)9(11)12/h2-4,8,10H,1H3. The van der Waals surface area contributed by atoms with E-state index in [9.17, 15) is 18.5 Å². The maximum absolute atomic E-state index is 11.3. The Morgan fingerprint density at radius 3 is 2.53 bits per heavy atom. The lowest BCUT2D eigenvalue weighted by atomic mass is 10.3. The number of aromatic hydroxyl groups is 1. The van der Waals surface area contributed by atoms with Crippen LogP contribution in [0.1, 0.15) is 0 Å². The minimum absolute atomic E-state index is 0.364. The Bertz CT molecular complexity index is 496. The first kappa shape index (κ1) is 11.4. The molecule has 0 aliphatic carbocycles. The van der Waals surface area contributed by atoms with E-state index in [1.807, 2.05) is 4.72 Å². The van der Waals surface area contributed by atoms with E-state index in [0.717, 1.165) is 25.2 Å². The molecule has 0 atom stereocenters. The Labute approximate surface area is 85.6 Å². The zero-order valence-corrected chi connectivity index (χ0v) is 8.48. The number of benzene rings is 1. The number of phenolic OH excluding ortho intramolecular Hbond substituents is 1. The van der Waals surface area contributed by atoms with Crippen LogP contribution in [0.3, 0.4) is 0 Å². The van der Waals surface area contributed by atoms with Crippen molar-refractivity contribution in [2.75, 3.05) is 7.05 Å².